The van der Waals surface area contributed by atoms with Gasteiger partial charge < -0.3 is 20.7 Å². The summed E-state index contributed by atoms with van der Waals surface area (Å²) < 4.78 is 5.73. The molecule has 0 bridgehead atoms. The van der Waals surface area contributed by atoms with Crippen LogP contribution < -0.4 is 16.0 Å². The van der Waals surface area contributed by atoms with Crippen LogP contribution in [0.4, 0.5) is 11.4 Å². The molecule has 21 heavy (non-hydrogen) atoms. The summed E-state index contributed by atoms with van der Waals surface area (Å²) in [6.07, 6.45) is 1.14. The average Bonchev–Trinajstić information content (AvgIpc) is 2.73. The molecule has 114 valence electrons. The number of nitrogens with two attached hydrogens (primary N) is 1. The second-order valence-electron chi connectivity index (χ2n) is 5.72. The van der Waals surface area contributed by atoms with E-state index in [0.717, 1.165) is 29.9 Å². The minimum atomic E-state index is -0.628. The number of amides is 1. The maximum atomic E-state index is 11.7. The molecule has 5 nitrogen and oxygen atoms in total. The van der Waals surface area contributed by atoms with Crippen molar-refractivity contribution in [2.75, 3.05) is 23.4 Å². The number of fused-ring (bicyclic) bond motifs is 1. The molecular weight excluding hydrogens is 290 g/mol. The van der Waals surface area contributed by atoms with E-state index < -0.39 is 6.04 Å². The highest BCUT2D eigenvalue weighted by atomic mass is 35.5. The number of nitrogens with one attached hydrogen (secondary N) is 1. The lowest BCUT2D eigenvalue weighted by Gasteiger charge is -2.40. The van der Waals surface area contributed by atoms with E-state index in [1.165, 1.54) is 0 Å². The van der Waals surface area contributed by atoms with E-state index in [-0.39, 0.29) is 12.0 Å². The van der Waals surface area contributed by atoms with Gasteiger partial charge in [-0.05, 0) is 25.5 Å². The Labute approximate surface area is 129 Å². The average molecular weight is 310 g/mol. The number of rotatable bonds is 2. The maximum absolute atomic E-state index is 11.7. The second-order valence-corrected chi connectivity index (χ2v) is 6.12. The van der Waals surface area contributed by atoms with Gasteiger partial charge in [0.1, 0.15) is 6.04 Å². The number of carbonyl (C=O) groups excluding carboxylic acids is 1. The first-order valence-electron chi connectivity index (χ1n) is 7.29. The van der Waals surface area contributed by atoms with Crippen LogP contribution in [-0.4, -0.2) is 31.2 Å². The maximum Gasteiger partial charge on any atom is 0.245 e. The molecule has 2 aliphatic heterocycles. The lowest BCUT2D eigenvalue weighted by molar-refractivity contribution is -0.116. The quantitative estimate of drug-likeness (QED) is 0.879. The zero-order valence-electron chi connectivity index (χ0n) is 12.2. The van der Waals surface area contributed by atoms with E-state index in [4.69, 9.17) is 22.1 Å². The first kappa shape index (κ1) is 14.6. The molecule has 3 rings (SSSR count). The fraction of sp³-hybridized carbons (Fsp3) is 0.533. The van der Waals surface area contributed by atoms with Crippen LogP contribution in [0.5, 0.6) is 0 Å². The predicted molar refractivity (Wildman–Crippen MR) is 83.8 cm³/mol. The highest BCUT2D eigenvalue weighted by Gasteiger charge is 2.32. The lowest BCUT2D eigenvalue weighted by Crippen LogP contribution is -2.48. The standard InChI is InChI=1S/C15H20ClN3O2/c1-3-9-7-21-8(2)6-19(9)13-5-12-10(4-11(13)16)14(17)15(20)18-12/h4-5,8-9,14H,3,6-7,17H2,1-2H3,(H,18,20). The van der Waals surface area contributed by atoms with Crippen LogP contribution in [0.3, 0.4) is 0 Å². The number of morpholine rings is 1. The summed E-state index contributed by atoms with van der Waals surface area (Å²) in [6.45, 7) is 5.67. The van der Waals surface area contributed by atoms with Crippen LogP contribution in [0, 0.1) is 0 Å². The van der Waals surface area contributed by atoms with Gasteiger partial charge in [0.05, 0.1) is 29.5 Å². The topological polar surface area (TPSA) is 67.6 Å². The summed E-state index contributed by atoms with van der Waals surface area (Å²) in [7, 11) is 0. The number of carbonyl (C=O) groups is 1. The van der Waals surface area contributed by atoms with Crippen molar-refractivity contribution < 1.29 is 9.53 Å². The monoisotopic (exact) mass is 309 g/mol. The Hall–Kier alpha value is -1.30. The molecule has 1 fully saturated rings. The Morgan fingerprint density at radius 3 is 3.00 bits per heavy atom. The van der Waals surface area contributed by atoms with Gasteiger partial charge in [0.15, 0.2) is 0 Å². The van der Waals surface area contributed by atoms with Crippen LogP contribution >= 0.6 is 11.6 Å². The minimum absolute atomic E-state index is 0.161. The number of halogens is 1. The summed E-state index contributed by atoms with van der Waals surface area (Å²) in [6, 6.07) is 3.41. The van der Waals surface area contributed by atoms with Gasteiger partial charge in [0.25, 0.3) is 0 Å². The first-order chi connectivity index (χ1) is 10.0. The third-order valence-corrected chi connectivity index (χ3v) is 4.55. The molecule has 1 aromatic carbocycles. The van der Waals surface area contributed by atoms with Crippen molar-refractivity contribution in [2.24, 2.45) is 5.73 Å². The van der Waals surface area contributed by atoms with E-state index in [0.29, 0.717) is 17.7 Å². The minimum Gasteiger partial charge on any atom is -0.375 e. The molecule has 3 N–H and O–H groups in total. The molecule has 1 aromatic rings. The summed E-state index contributed by atoms with van der Waals surface area (Å²) in [5, 5.41) is 3.45. The Balaban J connectivity index is 1.99. The van der Waals surface area contributed by atoms with E-state index in [1.54, 1.807) is 0 Å². The number of hydrogen-bond acceptors (Lipinski definition) is 4. The molecule has 2 heterocycles. The predicted octanol–water partition coefficient (Wildman–Crippen LogP) is 2.30. The molecule has 0 radical (unpaired) electrons. The highest BCUT2D eigenvalue weighted by molar-refractivity contribution is 6.33. The molecule has 3 unspecified atom stereocenters. The molecule has 0 aromatic heterocycles. The summed E-state index contributed by atoms with van der Waals surface area (Å²) >= 11 is 6.45. The summed E-state index contributed by atoms with van der Waals surface area (Å²) in [4.78, 5) is 14.0. The number of hydrogen-bond donors (Lipinski definition) is 2. The van der Waals surface area contributed by atoms with Crippen LogP contribution in [0.2, 0.25) is 5.02 Å². The molecule has 6 heteroatoms. The Kier molecular flexibility index (Phi) is 3.82. The van der Waals surface area contributed by atoms with Gasteiger partial charge in [-0.1, -0.05) is 18.5 Å². The largest absolute Gasteiger partial charge is 0.375 e. The van der Waals surface area contributed by atoms with E-state index >= 15 is 0 Å². The Bertz CT molecular complexity index is 578. The van der Waals surface area contributed by atoms with Crippen LogP contribution in [0.15, 0.2) is 12.1 Å². The molecule has 1 amide bonds. The first-order valence-corrected chi connectivity index (χ1v) is 7.67. The van der Waals surface area contributed by atoms with E-state index in [9.17, 15) is 4.79 Å². The molecule has 1 saturated heterocycles. The Morgan fingerprint density at radius 1 is 1.52 bits per heavy atom. The van der Waals surface area contributed by atoms with Gasteiger partial charge >= 0.3 is 0 Å². The van der Waals surface area contributed by atoms with Gasteiger partial charge in [0, 0.05) is 17.8 Å². The van der Waals surface area contributed by atoms with Crippen molar-refractivity contribution in [3.05, 3.63) is 22.7 Å². The van der Waals surface area contributed by atoms with Gasteiger partial charge in [0.2, 0.25) is 5.91 Å². The SMILES string of the molecule is CCC1COC(C)CN1c1cc2c(cc1Cl)C(N)C(=O)N2. The van der Waals surface area contributed by atoms with Gasteiger partial charge in [-0.15, -0.1) is 0 Å². The number of ether oxygens (including phenoxy) is 1. The van der Waals surface area contributed by atoms with Gasteiger partial charge in [-0.3, -0.25) is 4.79 Å². The fourth-order valence-corrected chi connectivity index (χ4v) is 3.27. The molecule has 2 aliphatic rings. The molecular formula is C15H20ClN3O2. The van der Waals surface area contributed by atoms with Crippen LogP contribution in [-0.2, 0) is 9.53 Å². The van der Waals surface area contributed by atoms with Crippen molar-refractivity contribution in [3.63, 3.8) is 0 Å². The van der Waals surface area contributed by atoms with Crippen molar-refractivity contribution in [1.29, 1.82) is 0 Å². The third kappa shape index (κ3) is 2.50. The Morgan fingerprint density at radius 2 is 2.29 bits per heavy atom. The molecule has 0 aliphatic carbocycles. The highest BCUT2D eigenvalue weighted by Crippen LogP contribution is 2.39. The zero-order chi connectivity index (χ0) is 15.1. The van der Waals surface area contributed by atoms with Crippen molar-refractivity contribution in [2.45, 2.75) is 38.5 Å². The van der Waals surface area contributed by atoms with E-state index in [1.807, 2.05) is 12.1 Å². The fourth-order valence-electron chi connectivity index (χ4n) is 2.99. The molecule has 0 saturated carbocycles. The number of benzene rings is 1. The lowest BCUT2D eigenvalue weighted by atomic mass is 10.1. The van der Waals surface area contributed by atoms with E-state index in [2.05, 4.69) is 24.1 Å². The second kappa shape index (κ2) is 5.48. The van der Waals surface area contributed by atoms with Gasteiger partial charge in [-0.2, -0.15) is 0 Å². The van der Waals surface area contributed by atoms with Crippen molar-refractivity contribution in [1.82, 2.24) is 0 Å². The van der Waals surface area contributed by atoms with Crippen molar-refractivity contribution in [3.8, 4) is 0 Å². The van der Waals surface area contributed by atoms with Gasteiger partial charge in [-0.25, -0.2) is 0 Å². The summed E-state index contributed by atoms with van der Waals surface area (Å²) in [5.74, 6) is -0.180. The van der Waals surface area contributed by atoms with Crippen LogP contribution in [0.1, 0.15) is 31.9 Å². The summed E-state index contributed by atoms with van der Waals surface area (Å²) in [5.41, 5.74) is 8.33. The molecule has 0 spiro atoms. The normalized spacial score (nSPS) is 28.5. The number of anilines is 2. The van der Waals surface area contributed by atoms with Crippen molar-refractivity contribution >= 4 is 28.9 Å². The smallest absolute Gasteiger partial charge is 0.245 e. The molecule has 3 atom stereocenters. The number of nitrogens with zero attached hydrogens (tertiary/aromatic N) is 1. The van der Waals surface area contributed by atoms with Crippen LogP contribution in [0.25, 0.3) is 0 Å². The zero-order valence-corrected chi connectivity index (χ0v) is 13.0. The third-order valence-electron chi connectivity index (χ3n) is 4.24.